The molecule has 0 aliphatic carbocycles. The van der Waals surface area contributed by atoms with E-state index in [1.807, 2.05) is 0 Å². The first-order valence-corrected chi connectivity index (χ1v) is 7.67. The molecule has 1 N–H and O–H groups in total. The number of halogens is 3. The summed E-state index contributed by atoms with van der Waals surface area (Å²) in [5, 5.41) is 8.54. The molecule has 0 saturated heterocycles. The molecule has 0 spiro atoms. The third-order valence-electron chi connectivity index (χ3n) is 3.77. The van der Waals surface area contributed by atoms with Crippen LogP contribution in [0.1, 0.15) is 37.7 Å². The van der Waals surface area contributed by atoms with Crippen LogP contribution < -0.4 is 9.64 Å². The van der Waals surface area contributed by atoms with E-state index in [0.717, 1.165) is 5.56 Å². The third-order valence-corrected chi connectivity index (χ3v) is 3.77. The van der Waals surface area contributed by atoms with Crippen LogP contribution in [0, 0.1) is 0 Å². The summed E-state index contributed by atoms with van der Waals surface area (Å²) in [7, 11) is 0. The van der Waals surface area contributed by atoms with Crippen molar-refractivity contribution in [2.75, 3.05) is 11.4 Å². The lowest BCUT2D eigenvalue weighted by atomic mass is 10.1. The number of anilines is 1. The van der Waals surface area contributed by atoms with E-state index in [-0.39, 0.29) is 24.5 Å². The van der Waals surface area contributed by atoms with E-state index < -0.39 is 12.3 Å². The van der Waals surface area contributed by atoms with Gasteiger partial charge in [0, 0.05) is 25.5 Å². The summed E-state index contributed by atoms with van der Waals surface area (Å²) in [6, 6.07) is 4.01. The van der Waals surface area contributed by atoms with Gasteiger partial charge in [0.2, 0.25) is 5.91 Å². The first-order chi connectivity index (χ1) is 11.3. The van der Waals surface area contributed by atoms with Gasteiger partial charge in [-0.05, 0) is 30.9 Å². The van der Waals surface area contributed by atoms with Gasteiger partial charge >= 0.3 is 12.3 Å². The van der Waals surface area contributed by atoms with Gasteiger partial charge < -0.3 is 14.7 Å². The van der Waals surface area contributed by atoms with Gasteiger partial charge in [-0.25, -0.2) is 0 Å². The SMILES string of the molecule is O=C(O)CCCCCC(=O)N1CCc2ccc(OC(F)(F)F)cc21. The highest BCUT2D eigenvalue weighted by Crippen LogP contribution is 2.34. The Bertz CT molecular complexity index is 616. The number of carbonyl (C=O) groups excluding carboxylic acids is 1. The van der Waals surface area contributed by atoms with Crippen LogP contribution in [0.25, 0.3) is 0 Å². The fraction of sp³-hybridized carbons (Fsp3) is 0.500. The number of alkyl halides is 3. The van der Waals surface area contributed by atoms with E-state index in [2.05, 4.69) is 4.74 Å². The quantitative estimate of drug-likeness (QED) is 0.768. The number of carbonyl (C=O) groups is 2. The lowest BCUT2D eigenvalue weighted by molar-refractivity contribution is -0.274. The molecule has 132 valence electrons. The molecule has 1 aliphatic rings. The number of carboxylic acid groups (broad SMARTS) is 1. The summed E-state index contributed by atoms with van der Waals surface area (Å²) in [5.41, 5.74) is 1.26. The summed E-state index contributed by atoms with van der Waals surface area (Å²) >= 11 is 0. The Morgan fingerprint density at radius 1 is 1.17 bits per heavy atom. The van der Waals surface area contributed by atoms with Gasteiger partial charge in [-0.2, -0.15) is 0 Å². The van der Waals surface area contributed by atoms with Gasteiger partial charge in [-0.3, -0.25) is 9.59 Å². The van der Waals surface area contributed by atoms with Crippen LogP contribution in [-0.2, 0) is 16.0 Å². The Labute approximate surface area is 137 Å². The molecule has 1 aromatic carbocycles. The first kappa shape index (κ1) is 18.1. The van der Waals surface area contributed by atoms with E-state index in [1.54, 1.807) is 0 Å². The minimum Gasteiger partial charge on any atom is -0.481 e. The molecule has 1 aliphatic heterocycles. The average molecular weight is 345 g/mol. The molecule has 0 saturated carbocycles. The van der Waals surface area contributed by atoms with E-state index in [9.17, 15) is 22.8 Å². The average Bonchev–Trinajstić information content (AvgIpc) is 2.87. The molecule has 0 bridgehead atoms. The van der Waals surface area contributed by atoms with Gasteiger partial charge in [-0.15, -0.1) is 13.2 Å². The van der Waals surface area contributed by atoms with Crippen molar-refractivity contribution in [1.82, 2.24) is 0 Å². The highest BCUT2D eigenvalue weighted by molar-refractivity contribution is 5.95. The van der Waals surface area contributed by atoms with Gasteiger partial charge in [0.1, 0.15) is 5.75 Å². The van der Waals surface area contributed by atoms with Crippen molar-refractivity contribution < 1.29 is 32.6 Å². The number of fused-ring (bicyclic) bond motifs is 1. The zero-order valence-corrected chi connectivity index (χ0v) is 12.9. The Balaban J connectivity index is 1.93. The van der Waals surface area contributed by atoms with E-state index in [1.165, 1.54) is 23.1 Å². The van der Waals surface area contributed by atoms with Crippen molar-refractivity contribution >= 4 is 17.6 Å². The van der Waals surface area contributed by atoms with Crippen LogP contribution >= 0.6 is 0 Å². The van der Waals surface area contributed by atoms with Crippen LogP contribution in [0.5, 0.6) is 5.75 Å². The molecule has 0 radical (unpaired) electrons. The maximum absolute atomic E-state index is 12.3. The number of ether oxygens (including phenoxy) is 1. The first-order valence-electron chi connectivity index (χ1n) is 7.67. The van der Waals surface area contributed by atoms with E-state index in [4.69, 9.17) is 5.11 Å². The Hall–Kier alpha value is -2.25. The molecular weight excluding hydrogens is 327 g/mol. The Morgan fingerprint density at radius 3 is 2.54 bits per heavy atom. The van der Waals surface area contributed by atoms with Crippen molar-refractivity contribution in [2.24, 2.45) is 0 Å². The fourth-order valence-electron chi connectivity index (χ4n) is 2.68. The number of rotatable bonds is 7. The predicted octanol–water partition coefficient (Wildman–Crippen LogP) is 3.51. The number of hydrogen-bond acceptors (Lipinski definition) is 3. The van der Waals surface area contributed by atoms with Crippen molar-refractivity contribution in [3.8, 4) is 5.75 Å². The second kappa shape index (κ2) is 7.55. The zero-order chi connectivity index (χ0) is 17.7. The maximum Gasteiger partial charge on any atom is 0.573 e. The number of nitrogens with zero attached hydrogens (tertiary/aromatic N) is 1. The van der Waals surface area contributed by atoms with Crippen LogP contribution in [-0.4, -0.2) is 29.9 Å². The smallest absolute Gasteiger partial charge is 0.481 e. The minimum absolute atomic E-state index is 0.0683. The number of unbranched alkanes of at least 4 members (excludes halogenated alkanes) is 2. The number of carboxylic acids is 1. The molecule has 0 atom stereocenters. The van der Waals surface area contributed by atoms with Crippen LogP contribution in [0.15, 0.2) is 18.2 Å². The number of benzene rings is 1. The second-order valence-electron chi connectivity index (χ2n) is 5.59. The normalized spacial score (nSPS) is 13.7. The summed E-state index contributed by atoms with van der Waals surface area (Å²) in [6.07, 6.45) is -2.20. The molecule has 1 amide bonds. The third kappa shape index (κ3) is 5.14. The molecule has 8 heteroatoms. The summed E-state index contributed by atoms with van der Waals surface area (Å²) in [6.45, 7) is 0.429. The highest BCUT2D eigenvalue weighted by atomic mass is 19.4. The largest absolute Gasteiger partial charge is 0.573 e. The number of amides is 1. The molecule has 0 unspecified atom stereocenters. The molecule has 0 fully saturated rings. The molecule has 24 heavy (non-hydrogen) atoms. The lowest BCUT2D eigenvalue weighted by Crippen LogP contribution is -2.28. The molecule has 1 heterocycles. The minimum atomic E-state index is -4.77. The van der Waals surface area contributed by atoms with Crippen LogP contribution in [0.2, 0.25) is 0 Å². The van der Waals surface area contributed by atoms with Gasteiger partial charge in [0.05, 0.1) is 5.69 Å². The summed E-state index contributed by atoms with van der Waals surface area (Å²) in [5.74, 6) is -1.39. The van der Waals surface area contributed by atoms with E-state index >= 15 is 0 Å². The molecule has 2 rings (SSSR count). The topological polar surface area (TPSA) is 66.8 Å². The monoisotopic (exact) mass is 345 g/mol. The molecule has 0 aromatic heterocycles. The lowest BCUT2D eigenvalue weighted by Gasteiger charge is -2.18. The van der Waals surface area contributed by atoms with Gasteiger partial charge in [0.15, 0.2) is 0 Å². The summed E-state index contributed by atoms with van der Waals surface area (Å²) < 4.78 is 40.8. The maximum atomic E-state index is 12.3. The molecule has 1 aromatic rings. The number of hydrogen-bond donors (Lipinski definition) is 1. The molecule has 5 nitrogen and oxygen atoms in total. The van der Waals surface area contributed by atoms with Gasteiger partial charge in [-0.1, -0.05) is 12.5 Å². The van der Waals surface area contributed by atoms with Crippen molar-refractivity contribution in [2.45, 2.75) is 44.9 Å². The Morgan fingerprint density at radius 2 is 1.88 bits per heavy atom. The highest BCUT2D eigenvalue weighted by Gasteiger charge is 2.32. The van der Waals surface area contributed by atoms with Crippen molar-refractivity contribution in [3.05, 3.63) is 23.8 Å². The summed E-state index contributed by atoms with van der Waals surface area (Å²) in [4.78, 5) is 24.1. The van der Waals surface area contributed by atoms with Crippen LogP contribution in [0.3, 0.4) is 0 Å². The van der Waals surface area contributed by atoms with Crippen molar-refractivity contribution in [1.29, 1.82) is 0 Å². The zero-order valence-electron chi connectivity index (χ0n) is 12.9. The molecular formula is C16H18F3NO4. The second-order valence-corrected chi connectivity index (χ2v) is 5.59. The van der Waals surface area contributed by atoms with Crippen LogP contribution in [0.4, 0.5) is 18.9 Å². The fourth-order valence-corrected chi connectivity index (χ4v) is 2.68. The van der Waals surface area contributed by atoms with Gasteiger partial charge in [0.25, 0.3) is 0 Å². The standard InChI is InChI=1S/C16H18F3NO4/c17-16(18,19)24-12-7-6-11-8-9-20(13(11)10-12)14(21)4-2-1-3-5-15(22)23/h6-7,10H,1-5,8-9H2,(H,22,23). The van der Waals surface area contributed by atoms with E-state index in [0.29, 0.717) is 37.9 Å². The number of aliphatic carboxylic acids is 1. The van der Waals surface area contributed by atoms with Crippen molar-refractivity contribution in [3.63, 3.8) is 0 Å². The Kier molecular flexibility index (Phi) is 5.69. The predicted molar refractivity (Wildman–Crippen MR) is 79.9 cm³/mol.